The van der Waals surface area contributed by atoms with E-state index in [2.05, 4.69) is 16.5 Å². The lowest BCUT2D eigenvalue weighted by Gasteiger charge is -2.18. The third-order valence-corrected chi connectivity index (χ3v) is 4.66. The molecule has 1 aromatic heterocycles. The molecule has 3 aromatic rings. The van der Waals surface area contributed by atoms with Crippen molar-refractivity contribution in [2.45, 2.75) is 13.5 Å². The van der Waals surface area contributed by atoms with E-state index in [9.17, 15) is 9.59 Å². The summed E-state index contributed by atoms with van der Waals surface area (Å²) in [5, 5.41) is 0.523. The first-order chi connectivity index (χ1) is 15.0. The quantitative estimate of drug-likeness (QED) is 0.423. The number of ether oxygens (including phenoxy) is 2. The first kappa shape index (κ1) is 21.8. The number of hydrogen-bond donors (Lipinski definition) is 1. The standard InChI is InChI=1S/C24H25N3O4/c1-4-14-31-20-12-10-17(15-21(20)30-3)11-13-23(28)27(5-2)16-22-25-19-9-7-6-8-18(19)24(29)26-22/h4,6-13,15H,1,5,14,16H2,2-3H3,(H,25,26,29). The maximum Gasteiger partial charge on any atom is 0.258 e. The number of amides is 1. The van der Waals surface area contributed by atoms with Gasteiger partial charge >= 0.3 is 0 Å². The number of H-pyrrole nitrogens is 1. The van der Waals surface area contributed by atoms with Crippen LogP contribution in [0.15, 0.2) is 66.0 Å². The highest BCUT2D eigenvalue weighted by Crippen LogP contribution is 2.28. The van der Waals surface area contributed by atoms with Gasteiger partial charge in [0.25, 0.3) is 5.56 Å². The summed E-state index contributed by atoms with van der Waals surface area (Å²) < 4.78 is 10.9. The molecule has 0 fully saturated rings. The molecule has 0 aliphatic heterocycles. The van der Waals surface area contributed by atoms with Crippen molar-refractivity contribution in [2.75, 3.05) is 20.3 Å². The number of nitrogens with zero attached hydrogens (tertiary/aromatic N) is 2. The number of benzene rings is 2. The normalized spacial score (nSPS) is 10.9. The summed E-state index contributed by atoms with van der Waals surface area (Å²) in [6.45, 7) is 6.55. The van der Waals surface area contributed by atoms with Crippen LogP contribution in [0.2, 0.25) is 0 Å². The van der Waals surface area contributed by atoms with Crippen molar-refractivity contribution < 1.29 is 14.3 Å². The van der Waals surface area contributed by atoms with Gasteiger partial charge in [-0.05, 0) is 42.8 Å². The van der Waals surface area contributed by atoms with Crippen LogP contribution in [-0.2, 0) is 11.3 Å². The van der Waals surface area contributed by atoms with E-state index in [4.69, 9.17) is 9.47 Å². The van der Waals surface area contributed by atoms with Crippen molar-refractivity contribution >= 4 is 22.9 Å². The van der Waals surface area contributed by atoms with Gasteiger partial charge in [0, 0.05) is 12.6 Å². The second-order valence-corrected chi connectivity index (χ2v) is 6.73. The second-order valence-electron chi connectivity index (χ2n) is 6.73. The molecular weight excluding hydrogens is 394 g/mol. The molecule has 31 heavy (non-hydrogen) atoms. The number of rotatable bonds is 9. The maximum absolute atomic E-state index is 12.7. The van der Waals surface area contributed by atoms with E-state index in [-0.39, 0.29) is 18.0 Å². The molecule has 0 spiro atoms. The van der Waals surface area contributed by atoms with Crippen LogP contribution in [-0.4, -0.2) is 41.0 Å². The Balaban J connectivity index is 1.74. The van der Waals surface area contributed by atoms with Gasteiger partial charge in [-0.1, -0.05) is 30.9 Å². The predicted octanol–water partition coefficient (Wildman–Crippen LogP) is 3.56. The van der Waals surface area contributed by atoms with Crippen molar-refractivity contribution in [2.24, 2.45) is 0 Å². The van der Waals surface area contributed by atoms with E-state index < -0.39 is 0 Å². The van der Waals surface area contributed by atoms with Gasteiger partial charge < -0.3 is 19.4 Å². The average Bonchev–Trinajstić information content (AvgIpc) is 2.79. The van der Waals surface area contributed by atoms with Gasteiger partial charge in [0.1, 0.15) is 12.4 Å². The number of carbonyl (C=O) groups is 1. The minimum atomic E-state index is -0.217. The molecule has 1 N–H and O–H groups in total. The highest BCUT2D eigenvalue weighted by molar-refractivity contribution is 5.91. The van der Waals surface area contributed by atoms with Crippen LogP contribution in [0.4, 0.5) is 0 Å². The van der Waals surface area contributed by atoms with Gasteiger partial charge in [-0.3, -0.25) is 9.59 Å². The lowest BCUT2D eigenvalue weighted by molar-refractivity contribution is -0.126. The third kappa shape index (κ3) is 5.39. The maximum atomic E-state index is 12.7. The smallest absolute Gasteiger partial charge is 0.258 e. The summed E-state index contributed by atoms with van der Waals surface area (Å²) in [4.78, 5) is 33.8. The molecule has 0 atom stereocenters. The number of aromatic amines is 1. The molecule has 0 aliphatic carbocycles. The summed E-state index contributed by atoms with van der Waals surface area (Å²) in [5.74, 6) is 1.43. The largest absolute Gasteiger partial charge is 0.493 e. The highest BCUT2D eigenvalue weighted by Gasteiger charge is 2.12. The number of para-hydroxylation sites is 1. The SMILES string of the molecule is C=CCOc1ccc(C=CC(=O)N(CC)Cc2nc3ccccc3c(=O)[nH]2)cc1OC. The molecule has 3 rings (SSSR count). The number of carbonyl (C=O) groups excluding carboxylic acids is 1. The molecule has 0 aliphatic rings. The van der Waals surface area contributed by atoms with Crippen molar-refractivity contribution in [3.05, 3.63) is 82.9 Å². The van der Waals surface area contributed by atoms with E-state index in [0.717, 1.165) is 5.56 Å². The van der Waals surface area contributed by atoms with E-state index >= 15 is 0 Å². The van der Waals surface area contributed by atoms with Crippen LogP contribution < -0.4 is 15.0 Å². The van der Waals surface area contributed by atoms with Gasteiger partial charge in [-0.25, -0.2) is 4.98 Å². The molecule has 7 heteroatoms. The van der Waals surface area contributed by atoms with E-state index in [0.29, 0.717) is 41.4 Å². The van der Waals surface area contributed by atoms with Gasteiger partial charge in [0.2, 0.25) is 5.91 Å². The van der Waals surface area contributed by atoms with Crippen LogP contribution in [0.5, 0.6) is 11.5 Å². The number of fused-ring (bicyclic) bond motifs is 1. The fourth-order valence-corrected chi connectivity index (χ4v) is 3.06. The third-order valence-electron chi connectivity index (χ3n) is 4.66. The predicted molar refractivity (Wildman–Crippen MR) is 121 cm³/mol. The Labute approximate surface area is 180 Å². The molecule has 7 nitrogen and oxygen atoms in total. The molecule has 0 bridgehead atoms. The monoisotopic (exact) mass is 419 g/mol. The van der Waals surface area contributed by atoms with Crippen LogP contribution in [0.1, 0.15) is 18.3 Å². The fraction of sp³-hybridized carbons (Fsp3) is 0.208. The van der Waals surface area contributed by atoms with Crippen molar-refractivity contribution in [3.8, 4) is 11.5 Å². The topological polar surface area (TPSA) is 84.5 Å². The van der Waals surface area contributed by atoms with E-state index in [1.165, 1.54) is 6.08 Å². The number of hydrogen-bond acceptors (Lipinski definition) is 5. The van der Waals surface area contributed by atoms with Crippen LogP contribution in [0.25, 0.3) is 17.0 Å². The van der Waals surface area contributed by atoms with E-state index in [1.807, 2.05) is 19.1 Å². The fourth-order valence-electron chi connectivity index (χ4n) is 3.06. The molecule has 0 saturated heterocycles. The van der Waals surface area contributed by atoms with Crippen LogP contribution >= 0.6 is 0 Å². The van der Waals surface area contributed by atoms with Gasteiger partial charge in [0.05, 0.1) is 24.6 Å². The number of nitrogens with one attached hydrogen (secondary N) is 1. The van der Waals surface area contributed by atoms with Gasteiger partial charge in [0.15, 0.2) is 11.5 Å². The van der Waals surface area contributed by atoms with Crippen molar-refractivity contribution in [1.82, 2.24) is 14.9 Å². The minimum Gasteiger partial charge on any atom is -0.493 e. The lowest BCUT2D eigenvalue weighted by Crippen LogP contribution is -2.30. The first-order valence-electron chi connectivity index (χ1n) is 9.92. The summed E-state index contributed by atoms with van der Waals surface area (Å²) in [5.41, 5.74) is 1.18. The number of likely N-dealkylation sites (N-methyl/N-ethyl adjacent to an activating group) is 1. The Morgan fingerprint density at radius 2 is 2.03 bits per heavy atom. The van der Waals surface area contributed by atoms with Crippen molar-refractivity contribution in [1.29, 1.82) is 0 Å². The van der Waals surface area contributed by atoms with E-state index in [1.54, 1.807) is 54.5 Å². The van der Waals surface area contributed by atoms with Crippen molar-refractivity contribution in [3.63, 3.8) is 0 Å². The number of methoxy groups -OCH3 is 1. The summed E-state index contributed by atoms with van der Waals surface area (Å²) in [6.07, 6.45) is 4.85. The zero-order valence-corrected chi connectivity index (χ0v) is 17.6. The Morgan fingerprint density at radius 1 is 1.23 bits per heavy atom. The molecule has 0 unspecified atom stereocenters. The molecule has 0 radical (unpaired) electrons. The summed E-state index contributed by atoms with van der Waals surface area (Å²) in [6, 6.07) is 12.5. The highest BCUT2D eigenvalue weighted by atomic mass is 16.5. The Kier molecular flexibility index (Phi) is 7.22. The molecule has 160 valence electrons. The summed E-state index contributed by atoms with van der Waals surface area (Å²) >= 11 is 0. The zero-order chi connectivity index (χ0) is 22.2. The molecule has 0 saturated carbocycles. The lowest BCUT2D eigenvalue weighted by atomic mass is 10.2. The Hall–Kier alpha value is -3.87. The molecular formula is C24H25N3O4. The summed E-state index contributed by atoms with van der Waals surface area (Å²) in [7, 11) is 1.56. The Morgan fingerprint density at radius 3 is 2.77 bits per heavy atom. The molecule has 2 aromatic carbocycles. The first-order valence-corrected chi connectivity index (χ1v) is 9.92. The van der Waals surface area contributed by atoms with Gasteiger partial charge in [-0.15, -0.1) is 0 Å². The second kappa shape index (κ2) is 10.2. The molecule has 1 heterocycles. The number of aromatic nitrogens is 2. The molecule has 1 amide bonds. The van der Waals surface area contributed by atoms with Gasteiger partial charge in [-0.2, -0.15) is 0 Å². The zero-order valence-electron chi connectivity index (χ0n) is 17.6. The van der Waals surface area contributed by atoms with Crippen LogP contribution in [0.3, 0.4) is 0 Å². The Bertz CT molecular complexity index is 1170. The average molecular weight is 419 g/mol. The van der Waals surface area contributed by atoms with Crippen LogP contribution in [0, 0.1) is 0 Å². The minimum absolute atomic E-state index is 0.191.